The van der Waals surface area contributed by atoms with Crippen molar-refractivity contribution in [3.05, 3.63) is 94.1 Å². The van der Waals surface area contributed by atoms with Crippen LogP contribution in [0.25, 0.3) is 27.6 Å². The van der Waals surface area contributed by atoms with Crippen molar-refractivity contribution in [3.8, 4) is 17.3 Å². The minimum Gasteiger partial charge on any atom is -0.457 e. The molecule has 5 rings (SSSR count). The monoisotopic (exact) mass is 554 g/mol. The van der Waals surface area contributed by atoms with Gasteiger partial charge in [-0.1, -0.05) is 75.5 Å². The number of ether oxygens (including phenoxy) is 1. The van der Waals surface area contributed by atoms with Crippen LogP contribution in [0.3, 0.4) is 0 Å². The maximum Gasteiger partial charge on any atom is 0.137 e. The van der Waals surface area contributed by atoms with E-state index >= 15 is 0 Å². The van der Waals surface area contributed by atoms with E-state index in [1.807, 2.05) is 30.5 Å². The first kappa shape index (κ1) is 25.5. The fraction of sp³-hybridized carbons (Fsp3) is 0.303. The lowest BCUT2D eigenvalue weighted by Gasteiger charge is -2.20. The zero-order chi connectivity index (χ0) is 26.2. The van der Waals surface area contributed by atoms with E-state index < -0.39 is 0 Å². The molecule has 0 aliphatic heterocycles. The summed E-state index contributed by atoms with van der Waals surface area (Å²) in [6.45, 7) is 11.3. The predicted octanol–water partition coefficient (Wildman–Crippen LogP) is 9.94. The van der Waals surface area contributed by atoms with Gasteiger partial charge >= 0.3 is 0 Å². The van der Waals surface area contributed by atoms with Crippen LogP contribution in [0.5, 0.6) is 11.5 Å². The molecular formula is C33H35BrN2O. The Kier molecular flexibility index (Phi) is 7.13. The molecule has 2 aromatic heterocycles. The third kappa shape index (κ3) is 5.17. The van der Waals surface area contributed by atoms with Gasteiger partial charge in [0, 0.05) is 27.5 Å². The summed E-state index contributed by atoms with van der Waals surface area (Å²) in [6, 6.07) is 23.6. The van der Waals surface area contributed by atoms with E-state index in [4.69, 9.17) is 9.72 Å². The molecule has 5 aromatic rings. The minimum atomic E-state index is 0.0337. The molecule has 37 heavy (non-hydrogen) atoms. The van der Waals surface area contributed by atoms with Crippen molar-refractivity contribution < 1.29 is 4.74 Å². The third-order valence-electron chi connectivity index (χ3n) is 6.90. The first-order chi connectivity index (χ1) is 17.8. The summed E-state index contributed by atoms with van der Waals surface area (Å²) in [5.74, 6) is 2.57. The Morgan fingerprint density at radius 3 is 2.35 bits per heavy atom. The number of aromatic nitrogens is 2. The molecule has 3 aromatic carbocycles. The summed E-state index contributed by atoms with van der Waals surface area (Å²) < 4.78 is 9.66. The second kappa shape index (κ2) is 10.3. The molecule has 190 valence electrons. The van der Waals surface area contributed by atoms with Gasteiger partial charge in [-0.15, -0.1) is 0 Å². The molecule has 2 heterocycles. The average Bonchev–Trinajstić information content (AvgIpc) is 3.18. The van der Waals surface area contributed by atoms with Crippen molar-refractivity contribution in [2.45, 2.75) is 65.7 Å². The molecule has 0 N–H and O–H groups in total. The number of hydrogen-bond donors (Lipinski definition) is 0. The molecule has 0 bridgehead atoms. The van der Waals surface area contributed by atoms with Gasteiger partial charge in [0.1, 0.15) is 17.3 Å². The number of fused-ring (bicyclic) bond motifs is 3. The molecule has 3 nitrogen and oxygen atoms in total. The predicted molar refractivity (Wildman–Crippen MR) is 159 cm³/mol. The number of hydrogen-bond acceptors (Lipinski definition) is 2. The molecule has 0 amide bonds. The van der Waals surface area contributed by atoms with Gasteiger partial charge < -0.3 is 4.74 Å². The van der Waals surface area contributed by atoms with Gasteiger partial charge in [-0.05, 0) is 83.5 Å². The quantitative estimate of drug-likeness (QED) is 0.200. The van der Waals surface area contributed by atoms with E-state index in [1.165, 1.54) is 33.0 Å². The van der Waals surface area contributed by atoms with E-state index in [2.05, 4.69) is 97.6 Å². The number of pyridine rings is 1. The smallest absolute Gasteiger partial charge is 0.137 e. The minimum absolute atomic E-state index is 0.0337. The largest absolute Gasteiger partial charge is 0.457 e. The van der Waals surface area contributed by atoms with Crippen LogP contribution in [0.4, 0.5) is 0 Å². The lowest BCUT2D eigenvalue weighted by atomic mass is 9.88. The lowest BCUT2D eigenvalue weighted by molar-refractivity contribution is 0.483. The number of halogens is 1. The fourth-order valence-electron chi connectivity index (χ4n) is 5.14. The van der Waals surface area contributed by atoms with Crippen molar-refractivity contribution in [2.24, 2.45) is 0 Å². The molecule has 4 heteroatoms. The van der Waals surface area contributed by atoms with Crippen molar-refractivity contribution in [2.75, 3.05) is 0 Å². The Balaban J connectivity index is 1.81. The Morgan fingerprint density at radius 1 is 0.838 bits per heavy atom. The highest BCUT2D eigenvalue weighted by Gasteiger charge is 2.20. The van der Waals surface area contributed by atoms with E-state index in [1.54, 1.807) is 0 Å². The molecule has 0 fully saturated rings. The van der Waals surface area contributed by atoms with Crippen molar-refractivity contribution in [3.63, 3.8) is 0 Å². The van der Waals surface area contributed by atoms with E-state index in [0.29, 0.717) is 0 Å². The number of aryl methyl sites for hydroxylation is 2. The number of rotatable bonds is 7. The maximum atomic E-state index is 6.31. The molecular weight excluding hydrogens is 520 g/mol. The first-order valence-electron chi connectivity index (χ1n) is 13.3. The standard InChI is InChI=1S/C33H35BrN2O/c1-6-9-22-17-23(10-7-2)32-29(18-22)28-14-13-27(37-26-12-8-11-25(34)20-26)21-30(28)36(32)31-19-24(15-16-35-31)33(3,4)5/h8,11-21H,6-7,9-10H2,1-5H3. The van der Waals surface area contributed by atoms with Crippen molar-refractivity contribution in [1.29, 1.82) is 0 Å². The van der Waals surface area contributed by atoms with Crippen LogP contribution in [0, 0.1) is 0 Å². The van der Waals surface area contributed by atoms with Gasteiger partial charge in [0.15, 0.2) is 0 Å². The Bertz CT molecular complexity index is 1580. The molecule has 0 unspecified atom stereocenters. The molecule has 0 atom stereocenters. The zero-order valence-corrected chi connectivity index (χ0v) is 24.0. The highest BCUT2D eigenvalue weighted by molar-refractivity contribution is 9.10. The van der Waals surface area contributed by atoms with Crippen molar-refractivity contribution >= 4 is 37.7 Å². The Morgan fingerprint density at radius 2 is 1.62 bits per heavy atom. The molecule has 0 aliphatic carbocycles. The van der Waals surface area contributed by atoms with Crippen LogP contribution in [0.15, 0.2) is 77.4 Å². The van der Waals surface area contributed by atoms with E-state index in [0.717, 1.165) is 53.0 Å². The fourth-order valence-corrected chi connectivity index (χ4v) is 5.52. The Hall–Kier alpha value is -3.11. The van der Waals surface area contributed by atoms with E-state index in [-0.39, 0.29) is 5.41 Å². The van der Waals surface area contributed by atoms with Gasteiger partial charge in [-0.2, -0.15) is 0 Å². The summed E-state index contributed by atoms with van der Waals surface area (Å²) in [7, 11) is 0. The summed E-state index contributed by atoms with van der Waals surface area (Å²) in [4.78, 5) is 4.90. The molecule has 0 radical (unpaired) electrons. The second-order valence-electron chi connectivity index (χ2n) is 10.9. The van der Waals surface area contributed by atoms with Gasteiger partial charge in [-0.3, -0.25) is 4.57 Å². The number of benzene rings is 3. The van der Waals surface area contributed by atoms with Gasteiger partial charge in [0.25, 0.3) is 0 Å². The summed E-state index contributed by atoms with van der Waals surface area (Å²) >= 11 is 3.55. The third-order valence-corrected chi connectivity index (χ3v) is 7.40. The first-order valence-corrected chi connectivity index (χ1v) is 14.1. The molecule has 0 spiro atoms. The summed E-state index contributed by atoms with van der Waals surface area (Å²) in [6.07, 6.45) is 6.29. The van der Waals surface area contributed by atoms with E-state index in [9.17, 15) is 0 Å². The topological polar surface area (TPSA) is 27.1 Å². The highest BCUT2D eigenvalue weighted by Crippen LogP contribution is 2.38. The highest BCUT2D eigenvalue weighted by atomic mass is 79.9. The van der Waals surface area contributed by atoms with Gasteiger partial charge in [0.05, 0.1) is 11.0 Å². The average molecular weight is 556 g/mol. The van der Waals surface area contributed by atoms with Gasteiger partial charge in [-0.25, -0.2) is 4.98 Å². The van der Waals surface area contributed by atoms with Crippen LogP contribution in [-0.4, -0.2) is 9.55 Å². The molecule has 0 saturated carbocycles. The molecule has 0 saturated heterocycles. The van der Waals surface area contributed by atoms with Crippen LogP contribution in [0.1, 0.15) is 64.2 Å². The van der Waals surface area contributed by atoms with Crippen LogP contribution in [-0.2, 0) is 18.3 Å². The van der Waals surface area contributed by atoms with Crippen molar-refractivity contribution in [1.82, 2.24) is 9.55 Å². The maximum absolute atomic E-state index is 6.31. The zero-order valence-electron chi connectivity index (χ0n) is 22.4. The normalized spacial score (nSPS) is 11.9. The van der Waals surface area contributed by atoms with Crippen LogP contribution >= 0.6 is 15.9 Å². The second-order valence-corrected chi connectivity index (χ2v) is 11.8. The lowest BCUT2D eigenvalue weighted by Crippen LogP contribution is -2.12. The van der Waals surface area contributed by atoms with Crippen LogP contribution < -0.4 is 4.74 Å². The summed E-state index contributed by atoms with van der Waals surface area (Å²) in [5.41, 5.74) is 6.47. The number of nitrogens with zero attached hydrogens (tertiary/aromatic N) is 2. The van der Waals surface area contributed by atoms with Crippen LogP contribution in [0.2, 0.25) is 0 Å². The Labute approximate surface area is 228 Å². The summed E-state index contributed by atoms with van der Waals surface area (Å²) in [5, 5.41) is 2.52. The molecule has 0 aliphatic rings. The van der Waals surface area contributed by atoms with Gasteiger partial charge in [0.2, 0.25) is 0 Å². The SMILES string of the molecule is CCCc1cc(CCC)c2c(c1)c1ccc(Oc3cccc(Br)c3)cc1n2-c1cc(C(C)(C)C)ccn1.